The minimum absolute atomic E-state index is 0.208. The first-order valence-electron chi connectivity index (χ1n) is 10.2. The molecule has 5 rings (SSSR count). The van der Waals surface area contributed by atoms with Gasteiger partial charge in [-0.3, -0.25) is 14.8 Å². The van der Waals surface area contributed by atoms with Crippen molar-refractivity contribution in [3.8, 4) is 0 Å². The Bertz CT molecular complexity index is 1060. The Morgan fingerprint density at radius 1 is 1.33 bits per heavy atom. The van der Waals surface area contributed by atoms with Crippen LogP contribution in [0.15, 0.2) is 24.3 Å². The van der Waals surface area contributed by atoms with Gasteiger partial charge in [-0.1, -0.05) is 11.3 Å². The first-order valence-corrected chi connectivity index (χ1v) is 11.9. The molecule has 1 unspecified atom stereocenters. The fraction of sp³-hybridized carbons (Fsp3) is 0.450. The summed E-state index contributed by atoms with van der Waals surface area (Å²) in [7, 11) is 2.09. The van der Waals surface area contributed by atoms with Crippen molar-refractivity contribution >= 4 is 50.2 Å². The number of anilines is 2. The number of benzene rings is 1. The van der Waals surface area contributed by atoms with E-state index in [-0.39, 0.29) is 5.91 Å². The molecule has 158 valence electrons. The average molecular weight is 444 g/mol. The Labute approximate surface area is 183 Å². The van der Waals surface area contributed by atoms with Crippen LogP contribution in [0.2, 0.25) is 0 Å². The number of nitrogens with one attached hydrogen (secondary N) is 3. The zero-order chi connectivity index (χ0) is 20.5. The van der Waals surface area contributed by atoms with Crippen LogP contribution in [-0.2, 0) is 13.1 Å². The molecular weight excluding hydrogens is 418 g/mol. The monoisotopic (exact) mass is 443 g/mol. The van der Waals surface area contributed by atoms with Crippen molar-refractivity contribution in [1.82, 2.24) is 25.0 Å². The number of aromatic nitrogens is 3. The third-order valence-corrected chi connectivity index (χ3v) is 7.43. The van der Waals surface area contributed by atoms with Gasteiger partial charge in [0.1, 0.15) is 0 Å². The van der Waals surface area contributed by atoms with Gasteiger partial charge in [0.15, 0.2) is 10.8 Å². The Morgan fingerprint density at radius 3 is 3.13 bits per heavy atom. The zero-order valence-electron chi connectivity index (χ0n) is 16.9. The molecule has 4 heterocycles. The number of carbonyl (C=O) groups is 1. The minimum Gasteiger partial charge on any atom is -0.329 e. The van der Waals surface area contributed by atoms with Crippen molar-refractivity contribution in [1.29, 1.82) is 0 Å². The number of fused-ring (bicyclic) bond motifs is 2. The molecule has 10 heteroatoms. The Kier molecular flexibility index (Phi) is 5.64. The molecule has 0 spiro atoms. The molecule has 1 amide bonds. The molecule has 30 heavy (non-hydrogen) atoms. The summed E-state index contributed by atoms with van der Waals surface area (Å²) in [6.45, 7) is 4.84. The van der Waals surface area contributed by atoms with Gasteiger partial charge in [-0.25, -0.2) is 4.98 Å². The van der Waals surface area contributed by atoms with Gasteiger partial charge in [0.05, 0.1) is 15.9 Å². The van der Waals surface area contributed by atoms with E-state index >= 15 is 0 Å². The van der Waals surface area contributed by atoms with Crippen LogP contribution in [0, 0.1) is 0 Å². The molecule has 2 aliphatic rings. The van der Waals surface area contributed by atoms with E-state index in [0.29, 0.717) is 16.1 Å². The summed E-state index contributed by atoms with van der Waals surface area (Å²) >= 11 is 3.25. The molecule has 0 radical (unpaired) electrons. The van der Waals surface area contributed by atoms with Crippen LogP contribution in [0.25, 0.3) is 10.2 Å². The van der Waals surface area contributed by atoms with Crippen LogP contribution >= 0.6 is 23.3 Å². The zero-order valence-corrected chi connectivity index (χ0v) is 18.5. The van der Waals surface area contributed by atoms with Crippen molar-refractivity contribution in [3.63, 3.8) is 0 Å². The number of hydrogen-bond donors (Lipinski definition) is 3. The Hall–Kier alpha value is -2.14. The van der Waals surface area contributed by atoms with Gasteiger partial charge < -0.3 is 14.9 Å². The van der Waals surface area contributed by atoms with Gasteiger partial charge in [0, 0.05) is 37.1 Å². The first-order chi connectivity index (χ1) is 14.6. The molecule has 1 aromatic carbocycles. The largest absolute Gasteiger partial charge is 0.329 e. The van der Waals surface area contributed by atoms with E-state index < -0.39 is 0 Å². The van der Waals surface area contributed by atoms with E-state index in [9.17, 15) is 4.79 Å². The minimum atomic E-state index is -0.208. The molecule has 8 nitrogen and oxygen atoms in total. The van der Waals surface area contributed by atoms with Crippen molar-refractivity contribution in [2.24, 2.45) is 0 Å². The van der Waals surface area contributed by atoms with E-state index in [1.165, 1.54) is 17.8 Å². The summed E-state index contributed by atoms with van der Waals surface area (Å²) in [6.07, 6.45) is 2.22. The lowest BCUT2D eigenvalue weighted by molar-refractivity contribution is 0.102. The molecule has 1 atom stereocenters. The van der Waals surface area contributed by atoms with E-state index in [1.807, 2.05) is 22.9 Å². The molecule has 1 fully saturated rings. The molecule has 0 bridgehead atoms. The summed E-state index contributed by atoms with van der Waals surface area (Å²) in [6, 6.07) is 8.01. The van der Waals surface area contributed by atoms with E-state index in [0.717, 1.165) is 60.7 Å². The van der Waals surface area contributed by atoms with Gasteiger partial charge in [0.2, 0.25) is 0 Å². The number of nitrogens with zero attached hydrogens (tertiary/aromatic N) is 4. The van der Waals surface area contributed by atoms with Crippen LogP contribution in [0.5, 0.6) is 0 Å². The summed E-state index contributed by atoms with van der Waals surface area (Å²) in [5, 5.41) is 12.0. The lowest BCUT2D eigenvalue weighted by Crippen LogP contribution is -2.17. The standard InChI is InChI=1S/C20H25N7OS2/c1-26-7-2-8-27-14(12-26)10-17(24-27)19(28)23-20-22-16-4-3-13(9-18(16)29-20)25-30-15-5-6-21-11-15/h3-4,9-10,15,21,25H,2,5-8,11-12H2,1H3,(H,22,23,28). The van der Waals surface area contributed by atoms with Gasteiger partial charge in [-0.15, -0.1) is 0 Å². The molecule has 3 N–H and O–H groups in total. The highest BCUT2D eigenvalue weighted by molar-refractivity contribution is 8.01. The second-order valence-corrected chi connectivity index (χ2v) is 9.96. The first kappa shape index (κ1) is 19.8. The van der Waals surface area contributed by atoms with E-state index in [1.54, 1.807) is 11.9 Å². The third-order valence-electron chi connectivity index (χ3n) is 5.41. The van der Waals surface area contributed by atoms with Crippen LogP contribution < -0.4 is 15.4 Å². The number of hydrogen-bond acceptors (Lipinski definition) is 8. The van der Waals surface area contributed by atoms with Gasteiger partial charge in [0.25, 0.3) is 5.91 Å². The van der Waals surface area contributed by atoms with Crippen LogP contribution in [0.3, 0.4) is 0 Å². The highest BCUT2D eigenvalue weighted by atomic mass is 32.2. The maximum Gasteiger partial charge on any atom is 0.277 e. The maximum absolute atomic E-state index is 12.7. The van der Waals surface area contributed by atoms with Crippen LogP contribution in [-0.4, -0.2) is 57.5 Å². The predicted octanol–water partition coefficient (Wildman–Crippen LogP) is 3.00. The highest BCUT2D eigenvalue weighted by Gasteiger charge is 2.19. The molecule has 0 aliphatic carbocycles. The number of rotatable bonds is 5. The molecule has 3 aromatic rings. The van der Waals surface area contributed by atoms with E-state index in [4.69, 9.17) is 0 Å². The second-order valence-electron chi connectivity index (χ2n) is 7.83. The fourth-order valence-corrected chi connectivity index (χ4v) is 5.58. The van der Waals surface area contributed by atoms with Crippen molar-refractivity contribution in [3.05, 3.63) is 35.7 Å². The Morgan fingerprint density at radius 2 is 2.27 bits per heavy atom. The fourth-order valence-electron chi connectivity index (χ4n) is 3.82. The highest BCUT2D eigenvalue weighted by Crippen LogP contribution is 2.30. The lowest BCUT2D eigenvalue weighted by atomic mass is 10.3. The summed E-state index contributed by atoms with van der Waals surface area (Å²) < 4.78 is 6.44. The van der Waals surface area contributed by atoms with Crippen molar-refractivity contribution in [2.45, 2.75) is 31.2 Å². The number of aryl methyl sites for hydroxylation is 1. The third kappa shape index (κ3) is 4.31. The van der Waals surface area contributed by atoms with Gasteiger partial charge >= 0.3 is 0 Å². The predicted molar refractivity (Wildman–Crippen MR) is 123 cm³/mol. The summed E-state index contributed by atoms with van der Waals surface area (Å²) in [4.78, 5) is 19.6. The van der Waals surface area contributed by atoms with E-state index in [2.05, 4.69) is 43.5 Å². The smallest absolute Gasteiger partial charge is 0.277 e. The molecule has 1 saturated heterocycles. The normalized spacial score (nSPS) is 19.6. The maximum atomic E-state index is 12.7. The average Bonchev–Trinajstić information content (AvgIpc) is 3.44. The SMILES string of the molecule is CN1CCCn2nc(C(=O)Nc3nc4ccc(NSC5CCNC5)cc4s3)cc2C1. The molecule has 2 aliphatic heterocycles. The quantitative estimate of drug-likeness (QED) is 0.523. The molecule has 2 aromatic heterocycles. The summed E-state index contributed by atoms with van der Waals surface area (Å²) in [5.41, 5.74) is 3.47. The Balaban J connectivity index is 1.27. The number of carbonyl (C=O) groups excluding carboxylic acids is 1. The number of thiazole rings is 1. The summed E-state index contributed by atoms with van der Waals surface area (Å²) in [5.74, 6) is -0.208. The number of amides is 1. The molecule has 0 saturated carbocycles. The second kappa shape index (κ2) is 8.54. The lowest BCUT2D eigenvalue weighted by Gasteiger charge is -2.10. The van der Waals surface area contributed by atoms with Crippen molar-refractivity contribution < 1.29 is 4.79 Å². The van der Waals surface area contributed by atoms with Crippen molar-refractivity contribution in [2.75, 3.05) is 36.7 Å². The van der Waals surface area contributed by atoms with Gasteiger partial charge in [-0.05, 0) is 62.6 Å². The van der Waals surface area contributed by atoms with Gasteiger partial charge in [-0.2, -0.15) is 5.10 Å². The molecular formula is C20H25N7OS2. The van der Waals surface area contributed by atoms with Crippen LogP contribution in [0.1, 0.15) is 29.0 Å². The topological polar surface area (TPSA) is 87.1 Å². The van der Waals surface area contributed by atoms with Crippen LogP contribution in [0.4, 0.5) is 10.8 Å².